The predicted molar refractivity (Wildman–Crippen MR) is 179 cm³/mol. The Morgan fingerprint density at radius 2 is 0.812 bits per heavy atom. The number of hydrogen-bond acceptors (Lipinski definition) is 7. The van der Waals surface area contributed by atoms with E-state index in [0.29, 0.717) is 17.9 Å². The Morgan fingerprint density at radius 3 is 1.19 bits per heavy atom. The Labute approximate surface area is 355 Å². The molecule has 0 aliphatic heterocycles. The zero-order valence-corrected chi connectivity index (χ0v) is 36.9. The van der Waals surface area contributed by atoms with Gasteiger partial charge in [-0.15, -0.1) is 0 Å². The summed E-state index contributed by atoms with van der Waals surface area (Å²) in [6, 6.07) is 7.17. The molecule has 0 fully saturated rings. The van der Waals surface area contributed by atoms with Gasteiger partial charge in [0.2, 0.25) is 0 Å². The molecule has 0 amide bonds. The monoisotopic (exact) mass is 754 g/mol. The fourth-order valence-corrected chi connectivity index (χ4v) is 8.31. The van der Waals surface area contributed by atoms with Crippen molar-refractivity contribution < 1.29 is 137 Å². The summed E-state index contributed by atoms with van der Waals surface area (Å²) in [6.07, 6.45) is 16.6. The molecule has 0 heterocycles. The second-order valence-corrected chi connectivity index (χ2v) is 15.9. The van der Waals surface area contributed by atoms with Gasteiger partial charge in [0, 0.05) is 38.4 Å². The van der Waals surface area contributed by atoms with Crippen molar-refractivity contribution in [3.63, 3.8) is 0 Å². The van der Waals surface area contributed by atoms with E-state index in [-0.39, 0.29) is 132 Å². The number of hydrogen-bond donors (Lipinski definition) is 3. The number of ether oxygens (including phenoxy) is 1. The van der Waals surface area contributed by atoms with Crippen LogP contribution in [0.4, 0.5) is 0 Å². The maximum absolute atomic E-state index is 12.4. The third-order valence-corrected chi connectivity index (χ3v) is 11.0. The van der Waals surface area contributed by atoms with Gasteiger partial charge in [0.25, 0.3) is 30.4 Å². The first-order chi connectivity index (χ1) is 21.2. The van der Waals surface area contributed by atoms with Crippen molar-refractivity contribution >= 4 is 62.7 Å². The number of benzene rings is 4. The molecule has 0 atom stereocenters. The van der Waals surface area contributed by atoms with Crippen LogP contribution in [0.15, 0.2) is 51.1 Å². The SMILES string of the molecule is CCCCCCCCCCCCCCCCOc1cc(S(=O)(=O)O)c2ccc3c(S(=O)(=O)O)cc(S(=O)(=O)O)c4ccc1c2c43.[H-].[H-].[H-].[Na+].[Na+].[Na+]. The molecular formula is C32H45Na3O10S3. The van der Waals surface area contributed by atoms with Crippen molar-refractivity contribution in [1.82, 2.24) is 0 Å². The summed E-state index contributed by atoms with van der Waals surface area (Å²) >= 11 is 0. The Morgan fingerprint density at radius 1 is 0.500 bits per heavy atom. The maximum Gasteiger partial charge on any atom is 1.00 e. The molecule has 0 aromatic heterocycles. The van der Waals surface area contributed by atoms with Gasteiger partial charge in [-0.3, -0.25) is 13.7 Å². The van der Waals surface area contributed by atoms with E-state index in [2.05, 4.69) is 6.92 Å². The van der Waals surface area contributed by atoms with Gasteiger partial charge in [-0.1, -0.05) is 109 Å². The predicted octanol–water partition coefficient (Wildman–Crippen LogP) is -0.466. The van der Waals surface area contributed by atoms with Gasteiger partial charge in [-0.25, -0.2) is 0 Å². The fourth-order valence-electron chi connectivity index (χ4n) is 6.10. The van der Waals surface area contributed by atoms with E-state index in [9.17, 15) is 38.9 Å². The van der Waals surface area contributed by atoms with Gasteiger partial charge >= 0.3 is 88.7 Å². The van der Waals surface area contributed by atoms with E-state index >= 15 is 0 Å². The molecule has 3 N–H and O–H groups in total. The zero-order valence-electron chi connectivity index (χ0n) is 31.5. The first-order valence-electron chi connectivity index (χ1n) is 15.6. The summed E-state index contributed by atoms with van der Waals surface area (Å²) in [5.74, 6) is 0.102. The molecule has 0 saturated heterocycles. The van der Waals surface area contributed by atoms with Gasteiger partial charge in [0.15, 0.2) is 0 Å². The molecule has 0 saturated carbocycles. The number of unbranched alkanes of at least 4 members (excludes halogenated alkanes) is 13. The molecule has 0 aliphatic rings. The van der Waals surface area contributed by atoms with Crippen LogP contribution >= 0.6 is 0 Å². The van der Waals surface area contributed by atoms with Crippen LogP contribution in [-0.4, -0.2) is 45.5 Å². The minimum absolute atomic E-state index is 0. The van der Waals surface area contributed by atoms with Crippen molar-refractivity contribution in [3.8, 4) is 5.75 Å². The van der Waals surface area contributed by atoms with Crippen LogP contribution in [0.25, 0.3) is 32.3 Å². The molecular weight excluding hydrogens is 710 g/mol. The minimum atomic E-state index is -4.97. The summed E-state index contributed by atoms with van der Waals surface area (Å²) in [5.41, 5.74) is 0. The summed E-state index contributed by atoms with van der Waals surface area (Å²) in [6.45, 7) is 2.48. The average molecular weight is 755 g/mol. The van der Waals surface area contributed by atoms with Crippen molar-refractivity contribution in [2.45, 2.75) is 112 Å². The molecule has 0 aliphatic carbocycles. The van der Waals surface area contributed by atoms with Gasteiger partial charge in [-0.05, 0) is 18.6 Å². The second-order valence-electron chi connectivity index (χ2n) is 11.7. The smallest absolute Gasteiger partial charge is 1.00 e. The third-order valence-electron chi connectivity index (χ3n) is 8.34. The molecule has 4 aromatic rings. The summed E-state index contributed by atoms with van der Waals surface area (Å²) < 4.78 is 110. The third kappa shape index (κ3) is 12.0. The minimum Gasteiger partial charge on any atom is -1.00 e. The van der Waals surface area contributed by atoms with Gasteiger partial charge < -0.3 is 9.02 Å². The van der Waals surface area contributed by atoms with Crippen LogP contribution < -0.4 is 93.4 Å². The van der Waals surface area contributed by atoms with E-state index in [4.69, 9.17) is 4.74 Å². The quantitative estimate of drug-likeness (QED) is 0.0492. The van der Waals surface area contributed by atoms with Crippen molar-refractivity contribution in [2.75, 3.05) is 6.61 Å². The molecule has 4 aromatic carbocycles. The zero-order chi connectivity index (χ0) is 32.8. The molecule has 48 heavy (non-hydrogen) atoms. The Bertz CT molecular complexity index is 1930. The Hall–Kier alpha value is 0.450. The molecule has 0 spiro atoms. The summed E-state index contributed by atoms with van der Waals surface area (Å²) in [5, 5.41) is 0.218. The van der Waals surface area contributed by atoms with Crippen LogP contribution in [0.3, 0.4) is 0 Å². The van der Waals surface area contributed by atoms with E-state index < -0.39 is 45.0 Å². The van der Waals surface area contributed by atoms with Crippen molar-refractivity contribution in [3.05, 3.63) is 36.4 Å². The van der Waals surface area contributed by atoms with E-state index in [1.54, 1.807) is 0 Å². The van der Waals surface area contributed by atoms with Crippen LogP contribution in [0, 0.1) is 0 Å². The van der Waals surface area contributed by atoms with Gasteiger partial charge in [0.05, 0.1) is 6.61 Å². The Kier molecular flexibility index (Phi) is 20.0. The van der Waals surface area contributed by atoms with Crippen LogP contribution in [-0.2, 0) is 30.4 Å². The molecule has 0 unspecified atom stereocenters. The topological polar surface area (TPSA) is 172 Å². The first kappa shape index (κ1) is 46.5. The Balaban J connectivity index is -0.00000384. The first-order valence-corrected chi connectivity index (χ1v) is 19.9. The van der Waals surface area contributed by atoms with Crippen molar-refractivity contribution in [2.24, 2.45) is 0 Å². The van der Waals surface area contributed by atoms with Gasteiger partial charge in [-0.2, -0.15) is 25.3 Å². The molecule has 0 radical (unpaired) electrons. The largest absolute Gasteiger partial charge is 1.00 e. The fraction of sp³-hybridized carbons (Fsp3) is 0.500. The normalized spacial score (nSPS) is 12.2. The second kappa shape index (κ2) is 20.6. The maximum atomic E-state index is 12.4. The average Bonchev–Trinajstić information content (AvgIpc) is 2.96. The summed E-state index contributed by atoms with van der Waals surface area (Å²) in [4.78, 5) is -2.07. The van der Waals surface area contributed by atoms with E-state index in [1.807, 2.05) is 0 Å². The molecule has 10 nitrogen and oxygen atoms in total. The van der Waals surface area contributed by atoms with E-state index in [0.717, 1.165) is 19.3 Å². The van der Waals surface area contributed by atoms with Gasteiger partial charge in [0.1, 0.15) is 20.4 Å². The van der Waals surface area contributed by atoms with Crippen LogP contribution in [0.1, 0.15) is 101 Å². The molecule has 0 bridgehead atoms. The molecule has 16 heteroatoms. The molecule has 254 valence electrons. The number of rotatable bonds is 19. The van der Waals surface area contributed by atoms with Crippen LogP contribution in [0.2, 0.25) is 0 Å². The van der Waals surface area contributed by atoms with E-state index in [1.165, 1.54) is 94.5 Å². The molecule has 4 rings (SSSR count). The standard InChI is InChI=1S/C32H42O10S3.3Na.3H/c1-2-3-4-5-6-7-8-9-10-11-12-13-14-15-20-42-27-21-28(43(33,34)35)24-18-19-26-30(45(39,40)41)22-29(44(36,37)38)25-17-16-23(27)31(24)32(25)26;;;;;;/h16-19,21-22H,2-15,20H2,1H3,(H,33,34,35)(H,36,37,38)(H,39,40,41);;;;;;/q;3*+1;3*-1. The summed E-state index contributed by atoms with van der Waals surface area (Å²) in [7, 11) is -14.7. The van der Waals surface area contributed by atoms with Crippen LogP contribution in [0.5, 0.6) is 5.75 Å². The van der Waals surface area contributed by atoms with Crippen molar-refractivity contribution in [1.29, 1.82) is 0 Å².